The Bertz CT molecular complexity index is 664. The molecule has 0 aliphatic heterocycles. The predicted octanol–water partition coefficient (Wildman–Crippen LogP) is 3.48. The molecule has 0 aliphatic rings. The zero-order valence-corrected chi connectivity index (χ0v) is 15.3. The van der Waals surface area contributed by atoms with Gasteiger partial charge in [0.25, 0.3) is 0 Å². The molecule has 0 unspecified atom stereocenters. The van der Waals surface area contributed by atoms with Crippen molar-refractivity contribution in [3.63, 3.8) is 0 Å². The van der Waals surface area contributed by atoms with Crippen LogP contribution >= 0.6 is 0 Å². The van der Waals surface area contributed by atoms with Crippen LogP contribution in [0.3, 0.4) is 0 Å². The summed E-state index contributed by atoms with van der Waals surface area (Å²) < 4.78 is 4.27. The number of rotatable bonds is 5. The van der Waals surface area contributed by atoms with Gasteiger partial charge in [0.1, 0.15) is 0 Å². The van der Waals surface area contributed by atoms with Gasteiger partial charge in [-0.05, 0) is 0 Å². The Hall–Kier alpha value is -2.17. The molecule has 115 valence electrons. The Balaban J connectivity index is 2.32. The molecular weight excluding hydrogens is 339 g/mol. The molecule has 0 spiro atoms. The van der Waals surface area contributed by atoms with Gasteiger partial charge in [0.2, 0.25) is 0 Å². The fraction of sp³-hybridized carbons (Fsp3) is 0.0455. The minimum atomic E-state index is -2.66. The van der Waals surface area contributed by atoms with Gasteiger partial charge in [0.15, 0.2) is 0 Å². The molecule has 3 aromatic rings. The summed E-state index contributed by atoms with van der Waals surface area (Å²) >= 11 is -2.66. The summed E-state index contributed by atoms with van der Waals surface area (Å²) in [6, 6.07) is 32.7. The van der Waals surface area contributed by atoms with Crippen LogP contribution < -0.4 is 13.1 Å². The molecule has 3 rings (SSSR count). The van der Waals surface area contributed by atoms with E-state index in [1.54, 1.807) is 0 Å². The van der Waals surface area contributed by atoms with Crippen molar-refractivity contribution in [2.75, 3.05) is 0 Å². The van der Waals surface area contributed by atoms with Gasteiger partial charge in [-0.3, -0.25) is 0 Å². The summed E-state index contributed by atoms with van der Waals surface area (Å²) in [5.41, 5.74) is 1.13. The van der Waals surface area contributed by atoms with Crippen molar-refractivity contribution in [2.24, 2.45) is 0 Å². The van der Waals surface area contributed by atoms with E-state index >= 15 is 0 Å². The zero-order chi connectivity index (χ0) is 16.1. The van der Waals surface area contributed by atoms with E-state index in [2.05, 4.69) is 110 Å². The van der Waals surface area contributed by atoms with Gasteiger partial charge in [-0.2, -0.15) is 0 Å². The quantitative estimate of drug-likeness (QED) is 0.483. The molecule has 1 radical (unpaired) electrons. The van der Waals surface area contributed by atoms with E-state index in [9.17, 15) is 0 Å². The summed E-state index contributed by atoms with van der Waals surface area (Å²) in [5, 5.41) is 2.44. The summed E-state index contributed by atoms with van der Waals surface area (Å²) in [6.45, 7) is 6.31. The zero-order valence-electron chi connectivity index (χ0n) is 13.4. The van der Waals surface area contributed by atoms with Gasteiger partial charge in [0.05, 0.1) is 0 Å². The Kier molecular flexibility index (Phi) is 4.74. The monoisotopic (exact) mass is 360 g/mol. The van der Waals surface area contributed by atoms with Crippen LogP contribution in [0.1, 0.15) is 6.92 Å². The molecule has 1 heteroatoms. The maximum absolute atomic E-state index is 4.20. The summed E-state index contributed by atoms with van der Waals surface area (Å²) in [6.07, 6.45) is 0. The second-order valence-corrected chi connectivity index (χ2v) is 12.5. The number of hydrogen-bond donors (Lipinski definition) is 0. The van der Waals surface area contributed by atoms with Crippen molar-refractivity contribution < 1.29 is 0 Å². The Labute approximate surface area is 142 Å². The van der Waals surface area contributed by atoms with Crippen molar-refractivity contribution in [3.05, 3.63) is 108 Å². The van der Waals surface area contributed by atoms with E-state index in [-0.39, 0.29) is 0 Å². The molecule has 3 aromatic carbocycles. The molecule has 0 atom stereocenters. The van der Waals surface area contributed by atoms with E-state index in [0.717, 1.165) is 5.57 Å². The van der Waals surface area contributed by atoms with Crippen molar-refractivity contribution in [1.29, 1.82) is 0 Å². The summed E-state index contributed by atoms with van der Waals surface area (Å²) in [7, 11) is 0. The van der Waals surface area contributed by atoms with Gasteiger partial charge < -0.3 is 0 Å². The first-order chi connectivity index (χ1) is 11.2. The SMILES string of the molecule is C=C(C)[CH-][As](c1ccccc1)(c1ccccc1)c1ccccc1. The van der Waals surface area contributed by atoms with Crippen LogP contribution in [0.15, 0.2) is 103 Å². The predicted molar refractivity (Wildman–Crippen MR) is 103 cm³/mol. The Morgan fingerprint density at radius 2 is 0.957 bits per heavy atom. The fourth-order valence-electron chi connectivity index (χ4n) is 2.99. The fourth-order valence-corrected chi connectivity index (χ4v) is 11.2. The molecule has 0 aliphatic carbocycles. The van der Waals surface area contributed by atoms with E-state index in [0.29, 0.717) is 0 Å². The first-order valence-corrected chi connectivity index (χ1v) is 11.7. The second-order valence-electron chi connectivity index (χ2n) is 5.70. The first kappa shape index (κ1) is 15.7. The van der Waals surface area contributed by atoms with Gasteiger partial charge >= 0.3 is 142 Å². The standard InChI is InChI=1S/C22H21As/c1-19(2)18-23(20-12-6-3-7-13-20,21-14-8-4-9-15-21)22-16-10-5-11-17-22/h3-18H,1H2,2H3/q-1. The molecule has 0 bridgehead atoms. The van der Waals surface area contributed by atoms with Crippen LogP contribution in [0, 0.1) is 5.21 Å². The number of hydrogen-bond acceptors (Lipinski definition) is 0. The van der Waals surface area contributed by atoms with Gasteiger partial charge in [-0.25, -0.2) is 0 Å². The molecular formula is C22H21As-. The molecule has 0 heterocycles. The van der Waals surface area contributed by atoms with Crippen LogP contribution in [0.2, 0.25) is 0 Å². The van der Waals surface area contributed by atoms with Crippen LogP contribution in [0.25, 0.3) is 0 Å². The van der Waals surface area contributed by atoms with Crippen LogP contribution in [-0.4, -0.2) is 13.6 Å². The van der Waals surface area contributed by atoms with E-state index in [1.165, 1.54) is 13.1 Å². The van der Waals surface area contributed by atoms with Crippen LogP contribution in [-0.2, 0) is 0 Å². The molecule has 0 saturated carbocycles. The molecule has 0 N–H and O–H groups in total. The van der Waals surface area contributed by atoms with E-state index in [4.69, 9.17) is 0 Å². The van der Waals surface area contributed by atoms with E-state index < -0.39 is 13.6 Å². The number of allylic oxidation sites excluding steroid dienone is 1. The minimum absolute atomic E-state index is 1.13. The van der Waals surface area contributed by atoms with Crippen molar-refractivity contribution >= 4 is 26.6 Å². The van der Waals surface area contributed by atoms with Gasteiger partial charge in [0, 0.05) is 0 Å². The average Bonchev–Trinajstić information content (AvgIpc) is 2.62. The van der Waals surface area contributed by atoms with Crippen LogP contribution in [0.5, 0.6) is 0 Å². The molecule has 0 amide bonds. The van der Waals surface area contributed by atoms with Crippen molar-refractivity contribution in [2.45, 2.75) is 6.92 Å². The van der Waals surface area contributed by atoms with Crippen molar-refractivity contribution in [3.8, 4) is 0 Å². The first-order valence-electron chi connectivity index (χ1n) is 7.80. The number of benzene rings is 3. The normalized spacial score (nSPS) is 11.0. The summed E-state index contributed by atoms with van der Waals surface area (Å²) in [5.74, 6) is 0. The summed E-state index contributed by atoms with van der Waals surface area (Å²) in [4.78, 5) is 0. The average molecular weight is 360 g/mol. The second kappa shape index (κ2) is 6.94. The Morgan fingerprint density at radius 3 is 1.22 bits per heavy atom. The van der Waals surface area contributed by atoms with Gasteiger partial charge in [-0.15, -0.1) is 0 Å². The molecule has 23 heavy (non-hydrogen) atoms. The van der Waals surface area contributed by atoms with E-state index in [1.807, 2.05) is 0 Å². The molecule has 0 aromatic heterocycles. The third-order valence-electron chi connectivity index (χ3n) is 3.90. The maximum atomic E-state index is 4.20. The third-order valence-corrected chi connectivity index (χ3v) is 12.6. The molecule has 0 nitrogen and oxygen atoms in total. The van der Waals surface area contributed by atoms with Gasteiger partial charge in [-0.1, -0.05) is 0 Å². The third kappa shape index (κ3) is 3.14. The van der Waals surface area contributed by atoms with Crippen molar-refractivity contribution in [1.82, 2.24) is 0 Å². The van der Waals surface area contributed by atoms with Crippen LogP contribution in [0.4, 0.5) is 0 Å². The Morgan fingerprint density at radius 1 is 0.652 bits per heavy atom. The topological polar surface area (TPSA) is 0 Å². The molecule has 0 fully saturated rings. The molecule has 0 saturated heterocycles.